The van der Waals surface area contributed by atoms with E-state index in [9.17, 15) is 4.79 Å². The first-order valence-electron chi connectivity index (χ1n) is 5.45. The summed E-state index contributed by atoms with van der Waals surface area (Å²) < 4.78 is 6.36. The van der Waals surface area contributed by atoms with Gasteiger partial charge in [-0.25, -0.2) is 4.79 Å². The summed E-state index contributed by atoms with van der Waals surface area (Å²) in [7, 11) is 0. The van der Waals surface area contributed by atoms with Crippen molar-refractivity contribution in [1.29, 1.82) is 0 Å². The van der Waals surface area contributed by atoms with Crippen molar-refractivity contribution in [3.05, 3.63) is 28.2 Å². The van der Waals surface area contributed by atoms with Crippen LogP contribution in [-0.2, 0) is 0 Å². The van der Waals surface area contributed by atoms with Crippen LogP contribution in [0.1, 0.15) is 37.6 Å². The molecule has 0 heterocycles. The maximum Gasteiger partial charge on any atom is 0.339 e. The number of benzene rings is 1. The minimum atomic E-state index is -0.969. The molecule has 0 aliphatic carbocycles. The van der Waals surface area contributed by atoms with E-state index < -0.39 is 5.97 Å². The van der Waals surface area contributed by atoms with Crippen molar-refractivity contribution in [2.75, 3.05) is 6.61 Å². The van der Waals surface area contributed by atoms with Gasteiger partial charge in [-0.3, -0.25) is 0 Å². The van der Waals surface area contributed by atoms with Gasteiger partial charge >= 0.3 is 5.97 Å². The predicted octanol–water partition coefficient (Wildman–Crippen LogP) is 3.96. The van der Waals surface area contributed by atoms with Gasteiger partial charge < -0.3 is 9.84 Å². The molecule has 3 nitrogen and oxygen atoms in total. The van der Waals surface area contributed by atoms with E-state index in [0.29, 0.717) is 12.4 Å². The molecule has 0 saturated carbocycles. The van der Waals surface area contributed by atoms with Gasteiger partial charge in [0.2, 0.25) is 0 Å². The zero-order chi connectivity index (χ0) is 13.1. The van der Waals surface area contributed by atoms with E-state index in [-0.39, 0.29) is 11.0 Å². The molecule has 1 N–H and O–H groups in total. The van der Waals surface area contributed by atoms with Gasteiger partial charge in [-0.15, -0.1) is 0 Å². The van der Waals surface area contributed by atoms with Crippen LogP contribution < -0.4 is 4.74 Å². The molecule has 0 fully saturated rings. The summed E-state index contributed by atoms with van der Waals surface area (Å²) >= 11 is 3.30. The van der Waals surface area contributed by atoms with E-state index in [2.05, 4.69) is 36.7 Å². The molecule has 0 aliphatic heterocycles. The highest BCUT2D eigenvalue weighted by atomic mass is 79.9. The van der Waals surface area contributed by atoms with Crippen LogP contribution in [0, 0.1) is 5.41 Å². The Morgan fingerprint density at radius 1 is 1.41 bits per heavy atom. The zero-order valence-corrected chi connectivity index (χ0v) is 11.9. The summed E-state index contributed by atoms with van der Waals surface area (Å²) in [5, 5.41) is 9.02. The van der Waals surface area contributed by atoms with Gasteiger partial charge in [0.05, 0.1) is 6.61 Å². The van der Waals surface area contributed by atoms with E-state index in [1.807, 2.05) is 0 Å². The van der Waals surface area contributed by atoms with Gasteiger partial charge in [-0.1, -0.05) is 36.7 Å². The van der Waals surface area contributed by atoms with Gasteiger partial charge in [-0.2, -0.15) is 0 Å². The third-order valence-electron chi connectivity index (χ3n) is 2.28. The molecule has 1 rings (SSSR count). The van der Waals surface area contributed by atoms with E-state index in [1.54, 1.807) is 18.2 Å². The lowest BCUT2D eigenvalue weighted by atomic mass is 9.93. The first-order chi connectivity index (χ1) is 7.79. The van der Waals surface area contributed by atoms with Gasteiger partial charge in [0, 0.05) is 4.47 Å². The van der Waals surface area contributed by atoms with Crippen LogP contribution in [0.3, 0.4) is 0 Å². The molecular weight excluding hydrogens is 284 g/mol. The van der Waals surface area contributed by atoms with Crippen molar-refractivity contribution in [2.24, 2.45) is 5.41 Å². The molecule has 0 bridgehead atoms. The first kappa shape index (κ1) is 14.0. The summed E-state index contributed by atoms with van der Waals surface area (Å²) in [5.74, 6) is -0.556. The average Bonchev–Trinajstić information content (AvgIpc) is 2.15. The zero-order valence-electron chi connectivity index (χ0n) is 10.3. The number of rotatable bonds is 4. The minimum Gasteiger partial charge on any atom is -0.493 e. The monoisotopic (exact) mass is 300 g/mol. The van der Waals surface area contributed by atoms with Gasteiger partial charge in [-0.05, 0) is 30.0 Å². The summed E-state index contributed by atoms with van der Waals surface area (Å²) in [5.41, 5.74) is 0.372. The van der Waals surface area contributed by atoms with Crippen molar-refractivity contribution in [1.82, 2.24) is 0 Å². The fourth-order valence-corrected chi connectivity index (χ4v) is 1.60. The van der Waals surface area contributed by atoms with E-state index in [1.165, 1.54) is 0 Å². The van der Waals surface area contributed by atoms with Crippen LogP contribution in [0.15, 0.2) is 22.7 Å². The second kappa shape index (κ2) is 5.54. The summed E-state index contributed by atoms with van der Waals surface area (Å²) in [4.78, 5) is 11.0. The quantitative estimate of drug-likeness (QED) is 0.915. The molecule has 0 saturated heterocycles. The smallest absolute Gasteiger partial charge is 0.339 e. The van der Waals surface area contributed by atoms with Crippen molar-refractivity contribution in [3.8, 4) is 5.75 Å². The number of hydrogen-bond acceptors (Lipinski definition) is 2. The van der Waals surface area contributed by atoms with Crippen molar-refractivity contribution in [3.63, 3.8) is 0 Å². The second-order valence-corrected chi connectivity index (χ2v) is 6.02. The Labute approximate surface area is 110 Å². The fraction of sp³-hybridized carbons (Fsp3) is 0.462. The number of ether oxygens (including phenoxy) is 1. The summed E-state index contributed by atoms with van der Waals surface area (Å²) in [6, 6.07) is 4.92. The number of carboxylic acid groups (broad SMARTS) is 1. The number of hydrogen-bond donors (Lipinski definition) is 1. The van der Waals surface area contributed by atoms with Crippen molar-refractivity contribution < 1.29 is 14.6 Å². The maximum atomic E-state index is 11.0. The standard InChI is InChI=1S/C13H17BrO3/c1-13(2,3)6-7-17-11-8-9(14)4-5-10(11)12(15)16/h4-5,8H,6-7H2,1-3H3,(H,15,16). The minimum absolute atomic E-state index is 0.176. The molecule has 0 amide bonds. The summed E-state index contributed by atoms with van der Waals surface area (Å²) in [6.07, 6.45) is 0.874. The van der Waals surface area contributed by atoms with Crippen LogP contribution >= 0.6 is 15.9 Å². The van der Waals surface area contributed by atoms with E-state index in [0.717, 1.165) is 10.9 Å². The fourth-order valence-electron chi connectivity index (χ4n) is 1.26. The Balaban J connectivity index is 2.75. The Kier molecular flexibility index (Phi) is 4.57. The van der Waals surface area contributed by atoms with Crippen LogP contribution in [0.25, 0.3) is 0 Å². The Hall–Kier alpha value is -1.03. The Morgan fingerprint density at radius 3 is 2.59 bits per heavy atom. The third-order valence-corrected chi connectivity index (χ3v) is 2.78. The second-order valence-electron chi connectivity index (χ2n) is 5.10. The van der Waals surface area contributed by atoms with Gasteiger partial charge in [0.25, 0.3) is 0 Å². The lowest BCUT2D eigenvalue weighted by Crippen LogP contribution is -2.12. The van der Waals surface area contributed by atoms with Crippen LogP contribution in [0.2, 0.25) is 0 Å². The molecule has 17 heavy (non-hydrogen) atoms. The molecule has 0 radical (unpaired) electrons. The van der Waals surface area contributed by atoms with Crippen molar-refractivity contribution in [2.45, 2.75) is 27.2 Å². The number of aromatic carboxylic acids is 1. The topological polar surface area (TPSA) is 46.5 Å². The molecular formula is C13H17BrO3. The molecule has 0 spiro atoms. The molecule has 0 aliphatic rings. The van der Waals surface area contributed by atoms with Gasteiger partial charge in [0.1, 0.15) is 11.3 Å². The van der Waals surface area contributed by atoms with Crippen LogP contribution in [0.4, 0.5) is 0 Å². The molecule has 94 valence electrons. The highest BCUT2D eigenvalue weighted by Gasteiger charge is 2.14. The normalized spacial score (nSPS) is 11.3. The number of carbonyl (C=O) groups is 1. The molecule has 0 atom stereocenters. The molecule has 1 aromatic carbocycles. The van der Waals surface area contributed by atoms with E-state index in [4.69, 9.17) is 9.84 Å². The van der Waals surface area contributed by atoms with E-state index >= 15 is 0 Å². The maximum absolute atomic E-state index is 11.0. The predicted molar refractivity (Wildman–Crippen MR) is 70.7 cm³/mol. The Bertz CT molecular complexity index is 408. The Morgan fingerprint density at radius 2 is 2.06 bits per heavy atom. The molecule has 0 unspecified atom stereocenters. The lowest BCUT2D eigenvalue weighted by Gasteiger charge is -2.18. The SMILES string of the molecule is CC(C)(C)CCOc1cc(Br)ccc1C(=O)O. The largest absolute Gasteiger partial charge is 0.493 e. The third kappa shape index (κ3) is 4.77. The van der Waals surface area contributed by atoms with Crippen LogP contribution in [0.5, 0.6) is 5.75 Å². The molecule has 0 aromatic heterocycles. The lowest BCUT2D eigenvalue weighted by molar-refractivity contribution is 0.0692. The van der Waals surface area contributed by atoms with Crippen molar-refractivity contribution >= 4 is 21.9 Å². The van der Waals surface area contributed by atoms with Crippen LogP contribution in [-0.4, -0.2) is 17.7 Å². The van der Waals surface area contributed by atoms with Gasteiger partial charge in [0.15, 0.2) is 0 Å². The molecule has 4 heteroatoms. The first-order valence-corrected chi connectivity index (χ1v) is 6.24. The average molecular weight is 301 g/mol. The highest BCUT2D eigenvalue weighted by Crippen LogP contribution is 2.25. The summed E-state index contributed by atoms with van der Waals surface area (Å²) in [6.45, 7) is 6.88. The highest BCUT2D eigenvalue weighted by molar-refractivity contribution is 9.10. The number of carboxylic acids is 1. The number of halogens is 1. The molecule has 1 aromatic rings.